The van der Waals surface area contributed by atoms with Crippen LogP contribution in [-0.4, -0.2) is 16.9 Å². The van der Waals surface area contributed by atoms with Crippen LogP contribution in [0.2, 0.25) is 0 Å². The van der Waals surface area contributed by atoms with Gasteiger partial charge in [-0.1, -0.05) is 0 Å². The molecule has 0 amide bonds. The predicted molar refractivity (Wildman–Crippen MR) is 58.3 cm³/mol. The molecule has 4 heteroatoms. The number of rotatable bonds is 5. The summed E-state index contributed by atoms with van der Waals surface area (Å²) in [6.45, 7) is 1.41. The lowest BCUT2D eigenvalue weighted by molar-refractivity contribution is 0.601. The average molecular weight is 229 g/mol. The van der Waals surface area contributed by atoms with E-state index < -0.39 is 0 Å². The Balaban J connectivity index is 1.73. The second-order valence-electron chi connectivity index (χ2n) is 4.00. The molecule has 1 aromatic heterocycles. The van der Waals surface area contributed by atoms with Crippen LogP contribution >= 0.6 is 11.6 Å². The van der Waals surface area contributed by atoms with Crippen LogP contribution in [0.4, 0.5) is 4.39 Å². The molecule has 2 rings (SSSR count). The van der Waals surface area contributed by atoms with E-state index in [1.165, 1.54) is 25.1 Å². The van der Waals surface area contributed by atoms with Crippen LogP contribution in [0.15, 0.2) is 18.5 Å². The molecule has 2 nitrogen and oxygen atoms in total. The van der Waals surface area contributed by atoms with Gasteiger partial charge in [0.1, 0.15) is 5.82 Å². The van der Waals surface area contributed by atoms with Crippen molar-refractivity contribution in [2.45, 2.75) is 24.8 Å². The lowest BCUT2D eigenvalue weighted by Crippen LogP contribution is -2.24. The third-order valence-corrected chi connectivity index (χ3v) is 3.07. The van der Waals surface area contributed by atoms with Gasteiger partial charge in [0.25, 0.3) is 0 Å². The highest BCUT2D eigenvalue weighted by Gasteiger charge is 2.28. The Morgan fingerprint density at radius 1 is 1.53 bits per heavy atom. The zero-order valence-corrected chi connectivity index (χ0v) is 9.17. The van der Waals surface area contributed by atoms with E-state index in [9.17, 15) is 4.39 Å². The summed E-state index contributed by atoms with van der Waals surface area (Å²) in [7, 11) is 0. The normalized spacial score (nSPS) is 17.7. The fraction of sp³-hybridized carbons (Fsp3) is 0.545. The second-order valence-corrected chi connectivity index (χ2v) is 4.56. The first-order chi connectivity index (χ1) is 7.25. The van der Waals surface area contributed by atoms with E-state index >= 15 is 0 Å². The van der Waals surface area contributed by atoms with Crippen molar-refractivity contribution in [1.29, 1.82) is 0 Å². The lowest BCUT2D eigenvalue weighted by Gasteiger charge is -2.09. The van der Waals surface area contributed by atoms with Crippen molar-refractivity contribution in [1.82, 2.24) is 10.3 Å². The van der Waals surface area contributed by atoms with Crippen LogP contribution in [0, 0.1) is 11.7 Å². The molecule has 0 saturated heterocycles. The van der Waals surface area contributed by atoms with E-state index in [2.05, 4.69) is 10.3 Å². The molecule has 1 unspecified atom stereocenters. The number of alkyl halides is 1. The standard InChI is InChI=1S/C11H14ClFN2/c12-11(9-1-2-9)7-15-5-8-3-10(13)6-14-4-8/h3-4,6,9,11,15H,1-2,5,7H2. The van der Waals surface area contributed by atoms with E-state index in [1.54, 1.807) is 6.20 Å². The van der Waals surface area contributed by atoms with Gasteiger partial charge in [-0.25, -0.2) is 4.39 Å². The number of nitrogens with zero attached hydrogens (tertiary/aromatic N) is 1. The number of halogens is 2. The molecule has 1 atom stereocenters. The van der Waals surface area contributed by atoms with Crippen LogP contribution in [-0.2, 0) is 6.54 Å². The zero-order valence-electron chi connectivity index (χ0n) is 8.42. The van der Waals surface area contributed by atoms with Gasteiger partial charge in [-0.2, -0.15) is 0 Å². The first-order valence-electron chi connectivity index (χ1n) is 5.20. The van der Waals surface area contributed by atoms with Crippen LogP contribution in [0.25, 0.3) is 0 Å². The quantitative estimate of drug-likeness (QED) is 0.783. The Morgan fingerprint density at radius 2 is 2.33 bits per heavy atom. The highest BCUT2D eigenvalue weighted by atomic mass is 35.5. The molecule has 1 fully saturated rings. The minimum atomic E-state index is -0.293. The Bertz CT molecular complexity index is 328. The maximum absolute atomic E-state index is 12.8. The van der Waals surface area contributed by atoms with Crippen molar-refractivity contribution in [2.75, 3.05) is 6.54 Å². The van der Waals surface area contributed by atoms with Gasteiger partial charge in [0.2, 0.25) is 0 Å². The monoisotopic (exact) mass is 228 g/mol. The van der Waals surface area contributed by atoms with Gasteiger partial charge in [0.15, 0.2) is 0 Å². The average Bonchev–Trinajstić information content (AvgIpc) is 3.00. The molecule has 1 aromatic rings. The number of aromatic nitrogens is 1. The number of hydrogen-bond acceptors (Lipinski definition) is 2. The van der Waals surface area contributed by atoms with Gasteiger partial charge in [-0.15, -0.1) is 11.6 Å². The summed E-state index contributed by atoms with van der Waals surface area (Å²) in [6.07, 6.45) is 5.36. The van der Waals surface area contributed by atoms with Crippen molar-refractivity contribution < 1.29 is 4.39 Å². The first kappa shape index (κ1) is 10.8. The largest absolute Gasteiger partial charge is 0.311 e. The molecule has 0 aliphatic heterocycles. The summed E-state index contributed by atoms with van der Waals surface area (Å²) in [6, 6.07) is 1.49. The molecule has 1 saturated carbocycles. The Kier molecular flexibility index (Phi) is 3.54. The van der Waals surface area contributed by atoms with E-state index in [-0.39, 0.29) is 11.2 Å². The maximum atomic E-state index is 12.8. The molecule has 0 bridgehead atoms. The number of hydrogen-bond donors (Lipinski definition) is 1. The van der Waals surface area contributed by atoms with E-state index in [0.29, 0.717) is 12.5 Å². The van der Waals surface area contributed by atoms with Gasteiger partial charge < -0.3 is 5.32 Å². The number of pyridine rings is 1. The molecular formula is C11H14ClFN2. The maximum Gasteiger partial charge on any atom is 0.141 e. The third kappa shape index (κ3) is 3.43. The predicted octanol–water partition coefficient (Wildman–Crippen LogP) is 2.33. The molecule has 15 heavy (non-hydrogen) atoms. The highest BCUT2D eigenvalue weighted by molar-refractivity contribution is 6.21. The minimum Gasteiger partial charge on any atom is -0.311 e. The van der Waals surface area contributed by atoms with Crippen molar-refractivity contribution in [3.8, 4) is 0 Å². The molecular weight excluding hydrogens is 215 g/mol. The minimum absolute atomic E-state index is 0.214. The molecule has 82 valence electrons. The fourth-order valence-corrected chi connectivity index (χ4v) is 1.89. The molecule has 1 N–H and O–H groups in total. The smallest absolute Gasteiger partial charge is 0.141 e. The third-order valence-electron chi connectivity index (χ3n) is 2.56. The van der Waals surface area contributed by atoms with Gasteiger partial charge in [0, 0.05) is 24.7 Å². The SMILES string of the molecule is Fc1cncc(CNCC(Cl)C2CC2)c1. The van der Waals surface area contributed by atoms with Crippen molar-refractivity contribution >= 4 is 11.6 Å². The zero-order chi connectivity index (χ0) is 10.7. The van der Waals surface area contributed by atoms with Crippen LogP contribution in [0.5, 0.6) is 0 Å². The Hall–Kier alpha value is -0.670. The number of nitrogens with one attached hydrogen (secondary N) is 1. The van der Waals surface area contributed by atoms with Crippen LogP contribution in [0.3, 0.4) is 0 Å². The second kappa shape index (κ2) is 4.90. The van der Waals surface area contributed by atoms with Crippen molar-refractivity contribution in [3.63, 3.8) is 0 Å². The van der Waals surface area contributed by atoms with Gasteiger partial charge in [-0.05, 0) is 30.4 Å². The lowest BCUT2D eigenvalue weighted by atomic mass is 10.2. The summed E-state index contributed by atoms with van der Waals surface area (Å²) in [4.78, 5) is 3.78. The summed E-state index contributed by atoms with van der Waals surface area (Å²) in [5, 5.41) is 3.43. The van der Waals surface area contributed by atoms with Gasteiger partial charge in [0.05, 0.1) is 6.20 Å². The van der Waals surface area contributed by atoms with Crippen molar-refractivity contribution in [3.05, 3.63) is 29.8 Å². The van der Waals surface area contributed by atoms with E-state index in [4.69, 9.17) is 11.6 Å². The fourth-order valence-electron chi connectivity index (χ4n) is 1.53. The summed E-state index contributed by atoms with van der Waals surface area (Å²) in [5.41, 5.74) is 0.856. The Labute approximate surface area is 93.9 Å². The summed E-state index contributed by atoms with van der Waals surface area (Å²) < 4.78 is 12.8. The van der Waals surface area contributed by atoms with Gasteiger partial charge in [-0.3, -0.25) is 4.98 Å². The molecule has 0 spiro atoms. The molecule has 1 aliphatic carbocycles. The van der Waals surface area contributed by atoms with E-state index in [0.717, 1.165) is 12.1 Å². The van der Waals surface area contributed by atoms with Crippen molar-refractivity contribution in [2.24, 2.45) is 5.92 Å². The molecule has 1 heterocycles. The highest BCUT2D eigenvalue weighted by Crippen LogP contribution is 2.35. The van der Waals surface area contributed by atoms with E-state index in [1.807, 2.05) is 0 Å². The molecule has 0 aromatic carbocycles. The summed E-state index contributed by atoms with van der Waals surface area (Å²) in [5.74, 6) is 0.392. The van der Waals surface area contributed by atoms with Crippen LogP contribution < -0.4 is 5.32 Å². The molecule has 0 radical (unpaired) electrons. The molecule has 1 aliphatic rings. The van der Waals surface area contributed by atoms with Crippen LogP contribution in [0.1, 0.15) is 18.4 Å². The topological polar surface area (TPSA) is 24.9 Å². The first-order valence-corrected chi connectivity index (χ1v) is 5.63. The Morgan fingerprint density at radius 3 is 3.00 bits per heavy atom. The van der Waals surface area contributed by atoms with Gasteiger partial charge >= 0.3 is 0 Å². The summed E-state index contributed by atoms with van der Waals surface area (Å²) >= 11 is 6.12.